The minimum atomic E-state index is -0.300. The molecule has 1 aromatic heterocycles. The summed E-state index contributed by atoms with van der Waals surface area (Å²) in [7, 11) is 0. The zero-order chi connectivity index (χ0) is 13.9. The smallest absolute Gasteiger partial charge is 0.252 e. The second-order valence-corrected chi connectivity index (χ2v) is 5.53. The average Bonchev–Trinajstić information content (AvgIpc) is 3.16. The lowest BCUT2D eigenvalue weighted by Crippen LogP contribution is -2.39. The first-order valence-electron chi connectivity index (χ1n) is 7.35. The van der Waals surface area contributed by atoms with Gasteiger partial charge in [0.2, 0.25) is 0 Å². The number of nitrogens with zero attached hydrogens (tertiary/aromatic N) is 2. The van der Waals surface area contributed by atoms with E-state index in [4.69, 9.17) is 10.5 Å². The van der Waals surface area contributed by atoms with Gasteiger partial charge in [-0.15, -0.1) is 0 Å². The Hall–Kier alpha value is -1.46. The molecule has 1 unspecified atom stereocenters. The molecule has 2 N–H and O–H groups in total. The molecule has 3 heterocycles. The van der Waals surface area contributed by atoms with E-state index in [9.17, 15) is 4.79 Å². The molecule has 2 aliphatic rings. The maximum Gasteiger partial charge on any atom is 0.252 e. The first kappa shape index (κ1) is 13.5. The van der Waals surface area contributed by atoms with Gasteiger partial charge >= 0.3 is 0 Å². The van der Waals surface area contributed by atoms with Gasteiger partial charge in [-0.3, -0.25) is 9.78 Å². The van der Waals surface area contributed by atoms with Crippen molar-refractivity contribution in [3.8, 4) is 0 Å². The number of amides is 1. The highest BCUT2D eigenvalue weighted by Crippen LogP contribution is 2.33. The fourth-order valence-corrected chi connectivity index (χ4v) is 3.21. The number of hydrogen-bond acceptors (Lipinski definition) is 4. The molecule has 2 fully saturated rings. The van der Waals surface area contributed by atoms with E-state index in [1.54, 1.807) is 12.4 Å². The summed E-state index contributed by atoms with van der Waals surface area (Å²) in [4.78, 5) is 18.7. The topological polar surface area (TPSA) is 68.5 Å². The Labute approximate surface area is 119 Å². The number of aromatic nitrogens is 1. The van der Waals surface area contributed by atoms with Crippen LogP contribution in [0.3, 0.4) is 0 Å². The van der Waals surface area contributed by atoms with Crippen molar-refractivity contribution < 1.29 is 9.53 Å². The van der Waals surface area contributed by atoms with Crippen molar-refractivity contribution in [1.82, 2.24) is 9.88 Å². The lowest BCUT2D eigenvalue weighted by molar-refractivity contribution is -0.143. The van der Waals surface area contributed by atoms with Gasteiger partial charge in [-0.1, -0.05) is 0 Å². The van der Waals surface area contributed by atoms with Gasteiger partial charge in [0.05, 0.1) is 12.1 Å². The molecule has 0 bridgehead atoms. The van der Waals surface area contributed by atoms with Gasteiger partial charge in [0.15, 0.2) is 0 Å². The van der Waals surface area contributed by atoms with Crippen molar-refractivity contribution in [1.29, 1.82) is 0 Å². The molecular weight excluding hydrogens is 254 g/mol. The number of hydrogen-bond donors (Lipinski definition) is 1. The Morgan fingerprint density at radius 3 is 2.85 bits per heavy atom. The van der Waals surface area contributed by atoms with Crippen molar-refractivity contribution in [2.24, 2.45) is 5.73 Å². The Kier molecular flexibility index (Phi) is 3.98. The SMILES string of the molecule is NC[C@H]1CC[C@@H](C(=O)N2CCCC2c2ccncc2)O1. The number of ether oxygens (including phenoxy) is 1. The maximum absolute atomic E-state index is 12.6. The Bertz CT molecular complexity index is 465. The maximum atomic E-state index is 12.6. The molecule has 0 aromatic carbocycles. The van der Waals surface area contributed by atoms with Crippen LogP contribution in [0.1, 0.15) is 37.3 Å². The van der Waals surface area contributed by atoms with Crippen molar-refractivity contribution >= 4 is 5.91 Å². The summed E-state index contributed by atoms with van der Waals surface area (Å²) < 4.78 is 5.74. The molecule has 2 aliphatic heterocycles. The van der Waals surface area contributed by atoms with Crippen LogP contribution in [0.15, 0.2) is 24.5 Å². The summed E-state index contributed by atoms with van der Waals surface area (Å²) in [6.45, 7) is 1.32. The van der Waals surface area contributed by atoms with Crippen LogP contribution in [0.4, 0.5) is 0 Å². The number of carbonyl (C=O) groups excluding carboxylic acids is 1. The molecule has 0 spiro atoms. The molecule has 1 amide bonds. The van der Waals surface area contributed by atoms with Crippen LogP contribution in [0, 0.1) is 0 Å². The van der Waals surface area contributed by atoms with E-state index in [0.29, 0.717) is 6.54 Å². The van der Waals surface area contributed by atoms with Crippen LogP contribution in [0.5, 0.6) is 0 Å². The highest BCUT2D eigenvalue weighted by atomic mass is 16.5. The zero-order valence-corrected chi connectivity index (χ0v) is 11.6. The molecular formula is C15H21N3O2. The molecule has 0 aliphatic carbocycles. The Morgan fingerprint density at radius 2 is 2.15 bits per heavy atom. The summed E-state index contributed by atoms with van der Waals surface area (Å²) in [6, 6.07) is 4.16. The zero-order valence-electron chi connectivity index (χ0n) is 11.6. The molecule has 3 rings (SSSR count). The van der Waals surface area contributed by atoms with Crippen LogP contribution in [-0.2, 0) is 9.53 Å². The van der Waals surface area contributed by atoms with Gasteiger partial charge < -0.3 is 15.4 Å². The van der Waals surface area contributed by atoms with E-state index in [0.717, 1.165) is 32.2 Å². The lowest BCUT2D eigenvalue weighted by Gasteiger charge is -2.27. The van der Waals surface area contributed by atoms with Gasteiger partial charge in [-0.2, -0.15) is 0 Å². The fraction of sp³-hybridized carbons (Fsp3) is 0.600. The number of pyridine rings is 1. The van der Waals surface area contributed by atoms with Gasteiger partial charge in [-0.25, -0.2) is 0 Å². The van der Waals surface area contributed by atoms with Crippen molar-refractivity contribution in [3.05, 3.63) is 30.1 Å². The van der Waals surface area contributed by atoms with Gasteiger partial charge in [0, 0.05) is 25.5 Å². The molecule has 0 saturated carbocycles. The molecule has 20 heavy (non-hydrogen) atoms. The van der Waals surface area contributed by atoms with Crippen molar-refractivity contribution in [3.63, 3.8) is 0 Å². The van der Waals surface area contributed by atoms with E-state index in [1.165, 1.54) is 5.56 Å². The first-order valence-corrected chi connectivity index (χ1v) is 7.35. The van der Waals surface area contributed by atoms with E-state index >= 15 is 0 Å². The monoisotopic (exact) mass is 275 g/mol. The van der Waals surface area contributed by atoms with Crippen LogP contribution in [-0.4, -0.2) is 41.1 Å². The Balaban J connectivity index is 1.71. The van der Waals surface area contributed by atoms with Crippen LogP contribution in [0.25, 0.3) is 0 Å². The molecule has 108 valence electrons. The summed E-state index contributed by atoms with van der Waals surface area (Å²) >= 11 is 0. The predicted molar refractivity (Wildman–Crippen MR) is 74.9 cm³/mol. The second kappa shape index (κ2) is 5.89. The number of rotatable bonds is 3. The van der Waals surface area contributed by atoms with Crippen molar-refractivity contribution in [2.45, 2.75) is 43.9 Å². The quantitative estimate of drug-likeness (QED) is 0.901. The largest absolute Gasteiger partial charge is 0.364 e. The summed E-state index contributed by atoms with van der Waals surface area (Å²) in [6.07, 6.45) is 7.06. The van der Waals surface area contributed by atoms with Gasteiger partial charge in [-0.05, 0) is 43.4 Å². The van der Waals surface area contributed by atoms with Crippen LogP contribution in [0.2, 0.25) is 0 Å². The summed E-state index contributed by atoms with van der Waals surface area (Å²) in [5.74, 6) is 0.125. The standard InChI is InChI=1S/C15H21N3O2/c16-10-12-3-4-14(20-12)15(19)18-9-1-2-13(18)11-5-7-17-8-6-11/h5-8,12-14H,1-4,9-10,16H2/t12-,13?,14+/m1/s1. The number of carbonyl (C=O) groups is 1. The molecule has 1 aromatic rings. The van der Waals surface area contributed by atoms with E-state index in [1.807, 2.05) is 17.0 Å². The third-order valence-corrected chi connectivity index (χ3v) is 4.27. The molecule has 2 saturated heterocycles. The second-order valence-electron chi connectivity index (χ2n) is 5.53. The third kappa shape index (κ3) is 2.55. The number of nitrogens with two attached hydrogens (primary N) is 1. The van der Waals surface area contributed by atoms with E-state index < -0.39 is 0 Å². The fourth-order valence-electron chi connectivity index (χ4n) is 3.21. The summed E-state index contributed by atoms with van der Waals surface area (Å²) in [5, 5.41) is 0. The number of likely N-dealkylation sites (tertiary alicyclic amines) is 1. The van der Waals surface area contributed by atoms with E-state index in [2.05, 4.69) is 4.98 Å². The highest BCUT2D eigenvalue weighted by molar-refractivity contribution is 5.82. The lowest BCUT2D eigenvalue weighted by atomic mass is 10.1. The normalized spacial score (nSPS) is 29.9. The minimum Gasteiger partial charge on any atom is -0.364 e. The van der Waals surface area contributed by atoms with E-state index in [-0.39, 0.29) is 24.2 Å². The van der Waals surface area contributed by atoms with Gasteiger partial charge in [0.1, 0.15) is 6.10 Å². The molecule has 5 heteroatoms. The molecule has 3 atom stereocenters. The highest BCUT2D eigenvalue weighted by Gasteiger charge is 2.37. The molecule has 5 nitrogen and oxygen atoms in total. The molecule has 0 radical (unpaired) electrons. The van der Waals surface area contributed by atoms with Crippen molar-refractivity contribution in [2.75, 3.05) is 13.1 Å². The first-order chi connectivity index (χ1) is 9.79. The summed E-state index contributed by atoms with van der Waals surface area (Å²) in [5.41, 5.74) is 6.78. The third-order valence-electron chi connectivity index (χ3n) is 4.27. The predicted octanol–water partition coefficient (Wildman–Crippen LogP) is 1.25. The van der Waals surface area contributed by atoms with Gasteiger partial charge in [0.25, 0.3) is 5.91 Å². The van der Waals surface area contributed by atoms with Crippen LogP contribution < -0.4 is 5.73 Å². The Morgan fingerprint density at radius 1 is 1.35 bits per heavy atom. The average molecular weight is 275 g/mol. The van der Waals surface area contributed by atoms with Crippen LogP contribution >= 0.6 is 0 Å². The minimum absolute atomic E-state index is 0.0472.